The lowest BCUT2D eigenvalue weighted by atomic mass is 10.0. The van der Waals surface area contributed by atoms with Crippen molar-refractivity contribution in [2.24, 2.45) is 5.92 Å². The van der Waals surface area contributed by atoms with Crippen LogP contribution in [0.5, 0.6) is 0 Å². The van der Waals surface area contributed by atoms with Crippen molar-refractivity contribution < 1.29 is 8.42 Å². The Morgan fingerprint density at radius 3 is 2.50 bits per heavy atom. The lowest BCUT2D eigenvalue weighted by molar-refractivity contribution is 0.354. The second-order valence-corrected chi connectivity index (χ2v) is 7.10. The normalized spacial score (nSPS) is 23.6. The topological polar surface area (TPSA) is 61.4 Å². The van der Waals surface area contributed by atoms with E-state index in [1.165, 1.54) is 32.1 Å². The van der Waals surface area contributed by atoms with Crippen LogP contribution in [0.4, 0.5) is 0 Å². The van der Waals surface area contributed by atoms with Crippen molar-refractivity contribution in [3.63, 3.8) is 0 Å². The monoisotopic (exact) mass is 275 g/mol. The zero-order valence-electron chi connectivity index (χ0n) is 11.0. The molecular weight excluding hydrogens is 250 g/mol. The summed E-state index contributed by atoms with van der Waals surface area (Å²) in [6.07, 6.45) is 7.53. The van der Waals surface area contributed by atoms with Crippen molar-refractivity contribution in [1.82, 2.24) is 14.3 Å². The quantitative estimate of drug-likeness (QED) is 0.701. The van der Waals surface area contributed by atoms with E-state index in [1.807, 2.05) is 0 Å². The van der Waals surface area contributed by atoms with E-state index in [9.17, 15) is 8.42 Å². The highest BCUT2D eigenvalue weighted by molar-refractivity contribution is 7.87. The highest BCUT2D eigenvalue weighted by atomic mass is 32.2. The fourth-order valence-electron chi connectivity index (χ4n) is 2.87. The number of nitrogens with one attached hydrogen (secondary N) is 2. The number of piperazine rings is 1. The molecule has 1 heterocycles. The van der Waals surface area contributed by atoms with Gasteiger partial charge in [0.15, 0.2) is 0 Å². The predicted octanol–water partition coefficient (Wildman–Crippen LogP) is 0.696. The van der Waals surface area contributed by atoms with Gasteiger partial charge in [0.05, 0.1) is 0 Å². The fourth-order valence-corrected chi connectivity index (χ4v) is 4.12. The van der Waals surface area contributed by atoms with Gasteiger partial charge in [-0.15, -0.1) is 0 Å². The van der Waals surface area contributed by atoms with E-state index in [4.69, 9.17) is 0 Å². The van der Waals surface area contributed by atoms with Crippen molar-refractivity contribution in [2.75, 3.05) is 32.7 Å². The van der Waals surface area contributed by atoms with E-state index < -0.39 is 10.2 Å². The molecule has 106 valence electrons. The van der Waals surface area contributed by atoms with Crippen LogP contribution in [0.1, 0.15) is 38.5 Å². The van der Waals surface area contributed by atoms with E-state index in [-0.39, 0.29) is 0 Å². The van der Waals surface area contributed by atoms with Gasteiger partial charge in [-0.05, 0) is 18.8 Å². The summed E-state index contributed by atoms with van der Waals surface area (Å²) in [5, 5.41) is 3.16. The summed E-state index contributed by atoms with van der Waals surface area (Å²) in [5.74, 6) is 0.841. The molecule has 2 rings (SSSR count). The smallest absolute Gasteiger partial charge is 0.279 e. The van der Waals surface area contributed by atoms with Gasteiger partial charge in [-0.3, -0.25) is 0 Å². The number of hydrogen-bond donors (Lipinski definition) is 2. The Morgan fingerprint density at radius 2 is 1.83 bits per heavy atom. The van der Waals surface area contributed by atoms with Crippen molar-refractivity contribution in [3.05, 3.63) is 0 Å². The molecule has 1 aliphatic carbocycles. The van der Waals surface area contributed by atoms with Gasteiger partial charge < -0.3 is 5.32 Å². The van der Waals surface area contributed by atoms with E-state index in [1.54, 1.807) is 4.31 Å². The SMILES string of the molecule is O=S(=O)(NCCCC1CCCC1)N1CCNCC1. The molecule has 1 saturated heterocycles. The Hall–Kier alpha value is -0.170. The van der Waals surface area contributed by atoms with E-state index in [2.05, 4.69) is 10.0 Å². The highest BCUT2D eigenvalue weighted by Crippen LogP contribution is 2.28. The maximum absolute atomic E-state index is 12.0. The molecule has 2 N–H and O–H groups in total. The molecule has 0 radical (unpaired) electrons. The second kappa shape index (κ2) is 6.84. The van der Waals surface area contributed by atoms with Crippen LogP contribution in [0.25, 0.3) is 0 Å². The second-order valence-electron chi connectivity index (χ2n) is 5.34. The van der Waals surface area contributed by atoms with Gasteiger partial charge in [-0.1, -0.05) is 25.7 Å². The van der Waals surface area contributed by atoms with Gasteiger partial charge in [0.25, 0.3) is 10.2 Å². The van der Waals surface area contributed by atoms with Crippen LogP contribution in [0.3, 0.4) is 0 Å². The molecule has 6 heteroatoms. The van der Waals surface area contributed by atoms with Crippen LogP contribution in [0.2, 0.25) is 0 Å². The molecule has 0 spiro atoms. The minimum absolute atomic E-state index is 0.581. The zero-order chi connectivity index (χ0) is 12.8. The number of nitrogens with zero attached hydrogens (tertiary/aromatic N) is 1. The molecule has 18 heavy (non-hydrogen) atoms. The van der Waals surface area contributed by atoms with Crippen LogP contribution in [0.15, 0.2) is 0 Å². The van der Waals surface area contributed by atoms with E-state index in [0.717, 1.165) is 25.4 Å². The van der Waals surface area contributed by atoms with Gasteiger partial charge in [0.2, 0.25) is 0 Å². The lowest BCUT2D eigenvalue weighted by Crippen LogP contribution is -2.50. The molecule has 1 saturated carbocycles. The Bertz CT molecular complexity index is 333. The minimum Gasteiger partial charge on any atom is -0.314 e. The Labute approximate surface area is 110 Å². The molecule has 0 bridgehead atoms. The average molecular weight is 275 g/mol. The summed E-state index contributed by atoms with van der Waals surface area (Å²) < 4.78 is 28.2. The molecule has 0 amide bonds. The van der Waals surface area contributed by atoms with Gasteiger partial charge in [-0.2, -0.15) is 12.7 Å². The Balaban J connectivity index is 1.64. The molecule has 5 nitrogen and oxygen atoms in total. The van der Waals surface area contributed by atoms with Crippen molar-refractivity contribution in [1.29, 1.82) is 0 Å². The van der Waals surface area contributed by atoms with Crippen LogP contribution in [0, 0.1) is 5.92 Å². The standard InChI is InChI=1S/C12H25N3O2S/c16-18(17,15-10-8-13-9-11-15)14-7-3-6-12-4-1-2-5-12/h12-14H,1-11H2. The summed E-state index contributed by atoms with van der Waals surface area (Å²) in [6.45, 7) is 3.25. The maximum Gasteiger partial charge on any atom is 0.279 e. The molecule has 2 aliphatic rings. The molecule has 0 aromatic heterocycles. The van der Waals surface area contributed by atoms with Gasteiger partial charge in [0, 0.05) is 32.7 Å². The Morgan fingerprint density at radius 1 is 1.17 bits per heavy atom. The maximum atomic E-state index is 12.0. The van der Waals surface area contributed by atoms with Crippen LogP contribution in [-0.4, -0.2) is 45.4 Å². The fraction of sp³-hybridized carbons (Fsp3) is 1.00. The first-order valence-corrected chi connectivity index (χ1v) is 8.58. The number of hydrogen-bond acceptors (Lipinski definition) is 3. The predicted molar refractivity (Wildman–Crippen MR) is 72.6 cm³/mol. The summed E-state index contributed by atoms with van der Waals surface area (Å²) in [7, 11) is -3.24. The number of rotatable bonds is 6. The largest absolute Gasteiger partial charge is 0.314 e. The molecular formula is C12H25N3O2S. The Kier molecular flexibility index (Phi) is 5.41. The van der Waals surface area contributed by atoms with Crippen molar-refractivity contribution >= 4 is 10.2 Å². The molecule has 1 aliphatic heterocycles. The third kappa shape index (κ3) is 4.19. The lowest BCUT2D eigenvalue weighted by Gasteiger charge is -2.26. The van der Waals surface area contributed by atoms with E-state index in [0.29, 0.717) is 19.6 Å². The molecule has 0 unspecified atom stereocenters. The van der Waals surface area contributed by atoms with E-state index >= 15 is 0 Å². The van der Waals surface area contributed by atoms with Crippen LogP contribution >= 0.6 is 0 Å². The van der Waals surface area contributed by atoms with Gasteiger partial charge >= 0.3 is 0 Å². The molecule has 0 atom stereocenters. The van der Waals surface area contributed by atoms with Gasteiger partial charge in [-0.25, -0.2) is 4.72 Å². The summed E-state index contributed by atoms with van der Waals surface area (Å²) in [6, 6.07) is 0. The van der Waals surface area contributed by atoms with Crippen LogP contribution in [-0.2, 0) is 10.2 Å². The molecule has 0 aromatic rings. The van der Waals surface area contributed by atoms with Crippen molar-refractivity contribution in [2.45, 2.75) is 38.5 Å². The summed E-state index contributed by atoms with van der Waals surface area (Å²) in [4.78, 5) is 0. The first-order chi connectivity index (χ1) is 8.68. The summed E-state index contributed by atoms with van der Waals surface area (Å²) >= 11 is 0. The third-order valence-corrected chi connectivity index (χ3v) is 5.58. The van der Waals surface area contributed by atoms with Crippen LogP contribution < -0.4 is 10.0 Å². The average Bonchev–Trinajstić information content (AvgIpc) is 2.89. The molecule has 0 aromatic carbocycles. The zero-order valence-corrected chi connectivity index (χ0v) is 11.8. The third-order valence-electron chi connectivity index (χ3n) is 3.96. The summed E-state index contributed by atoms with van der Waals surface area (Å²) in [5.41, 5.74) is 0. The first kappa shape index (κ1) is 14.2. The minimum atomic E-state index is -3.24. The van der Waals surface area contributed by atoms with Gasteiger partial charge in [0.1, 0.15) is 0 Å². The highest BCUT2D eigenvalue weighted by Gasteiger charge is 2.23. The molecule has 2 fully saturated rings. The first-order valence-electron chi connectivity index (χ1n) is 7.14. The van der Waals surface area contributed by atoms with Crippen molar-refractivity contribution in [3.8, 4) is 0 Å².